The molecule has 4 rings (SSSR count). The van der Waals surface area contributed by atoms with Gasteiger partial charge in [-0.05, 0) is 38.0 Å². The Morgan fingerprint density at radius 2 is 1.90 bits per heavy atom. The van der Waals surface area contributed by atoms with Gasteiger partial charge >= 0.3 is 0 Å². The number of carbonyl (C=O) groups excluding carboxylic acids is 1. The Morgan fingerprint density at radius 3 is 2.62 bits per heavy atom. The fourth-order valence-corrected chi connectivity index (χ4v) is 4.88. The highest BCUT2D eigenvalue weighted by Gasteiger charge is 2.57. The molecule has 0 radical (unpaired) electrons. The Balaban J connectivity index is 1.51. The van der Waals surface area contributed by atoms with Gasteiger partial charge in [-0.2, -0.15) is 0 Å². The molecule has 1 N–H and O–H groups in total. The predicted molar refractivity (Wildman–Crippen MR) is 80.9 cm³/mol. The van der Waals surface area contributed by atoms with Crippen LogP contribution in [0.4, 0.5) is 0 Å². The summed E-state index contributed by atoms with van der Waals surface area (Å²) in [6.07, 6.45) is 10.2. The quantitative estimate of drug-likeness (QED) is 0.862. The van der Waals surface area contributed by atoms with Crippen molar-refractivity contribution >= 4 is 5.91 Å². The number of likely N-dealkylation sites (tertiary alicyclic amines) is 2. The Kier molecular flexibility index (Phi) is 3.49. The summed E-state index contributed by atoms with van der Waals surface area (Å²) in [6.45, 7) is 2.65. The van der Waals surface area contributed by atoms with Gasteiger partial charge in [0.1, 0.15) is 5.54 Å². The molecule has 0 bridgehead atoms. The van der Waals surface area contributed by atoms with Crippen molar-refractivity contribution in [2.75, 3.05) is 19.6 Å². The second kappa shape index (κ2) is 5.24. The molecule has 2 saturated heterocycles. The van der Waals surface area contributed by atoms with Crippen LogP contribution in [0.3, 0.4) is 0 Å². The van der Waals surface area contributed by atoms with Crippen LogP contribution in [0.1, 0.15) is 57.8 Å². The maximum absolute atomic E-state index is 13.2. The van der Waals surface area contributed by atoms with E-state index < -0.39 is 0 Å². The lowest BCUT2D eigenvalue weighted by Crippen LogP contribution is -2.52. The molecule has 1 amide bonds. The monoisotopic (exact) mass is 292 g/mol. The Hall–Kier alpha value is -0.610. The number of hydrogen-bond donors (Lipinski definition) is 1. The molecule has 1 spiro atoms. The van der Waals surface area contributed by atoms with Crippen LogP contribution in [0, 0.1) is 5.92 Å². The molecule has 21 heavy (non-hydrogen) atoms. The molecule has 4 heteroatoms. The highest BCUT2D eigenvalue weighted by molar-refractivity contribution is 5.89. The molecule has 118 valence electrons. The molecule has 2 aliphatic heterocycles. The number of nitrogens with zero attached hydrogens (tertiary/aromatic N) is 2. The molecule has 1 unspecified atom stereocenters. The van der Waals surface area contributed by atoms with Gasteiger partial charge in [0.25, 0.3) is 0 Å². The molecular weight excluding hydrogens is 264 g/mol. The van der Waals surface area contributed by atoms with E-state index in [9.17, 15) is 9.90 Å². The van der Waals surface area contributed by atoms with Crippen molar-refractivity contribution in [2.24, 2.45) is 5.92 Å². The number of β-amino-alcohol motifs (C(OH)–C–C–N with tert-alkyl or cyclic N) is 1. The molecular formula is C17H28N2O2. The second-order valence-corrected chi connectivity index (χ2v) is 7.78. The largest absolute Gasteiger partial charge is 0.392 e. The van der Waals surface area contributed by atoms with Crippen LogP contribution in [-0.2, 0) is 4.79 Å². The molecule has 0 aromatic carbocycles. The van der Waals surface area contributed by atoms with E-state index in [-0.39, 0.29) is 11.6 Å². The minimum atomic E-state index is -0.348. The van der Waals surface area contributed by atoms with E-state index in [4.69, 9.17) is 0 Å². The molecule has 4 nitrogen and oxygen atoms in total. The lowest BCUT2D eigenvalue weighted by molar-refractivity contribution is -0.139. The van der Waals surface area contributed by atoms with E-state index >= 15 is 0 Å². The summed E-state index contributed by atoms with van der Waals surface area (Å²) < 4.78 is 0. The first kappa shape index (κ1) is 14.0. The van der Waals surface area contributed by atoms with Gasteiger partial charge < -0.3 is 10.0 Å². The summed E-state index contributed by atoms with van der Waals surface area (Å²) in [5.74, 6) is 1.12. The first-order valence-electron chi connectivity index (χ1n) is 8.93. The average molecular weight is 292 g/mol. The maximum atomic E-state index is 13.2. The van der Waals surface area contributed by atoms with Crippen molar-refractivity contribution in [3.05, 3.63) is 0 Å². The van der Waals surface area contributed by atoms with Gasteiger partial charge in [-0.3, -0.25) is 9.69 Å². The first-order chi connectivity index (χ1) is 10.2. The molecule has 0 aromatic rings. The van der Waals surface area contributed by atoms with Crippen LogP contribution in [0.15, 0.2) is 0 Å². The zero-order valence-electron chi connectivity index (χ0n) is 13.0. The Morgan fingerprint density at radius 1 is 1.14 bits per heavy atom. The van der Waals surface area contributed by atoms with Gasteiger partial charge in [0, 0.05) is 32.1 Å². The first-order valence-corrected chi connectivity index (χ1v) is 8.93. The van der Waals surface area contributed by atoms with Crippen molar-refractivity contribution in [1.82, 2.24) is 9.80 Å². The van der Waals surface area contributed by atoms with Gasteiger partial charge in [0.15, 0.2) is 0 Å². The number of rotatable bonds is 3. The number of amides is 1. The second-order valence-electron chi connectivity index (χ2n) is 7.78. The van der Waals surface area contributed by atoms with Crippen LogP contribution in [0.5, 0.6) is 0 Å². The van der Waals surface area contributed by atoms with Crippen molar-refractivity contribution < 1.29 is 9.90 Å². The predicted octanol–water partition coefficient (Wildman–Crippen LogP) is 1.77. The van der Waals surface area contributed by atoms with E-state index in [1.165, 1.54) is 44.9 Å². The van der Waals surface area contributed by atoms with Crippen LogP contribution in [-0.4, -0.2) is 58.1 Å². The van der Waals surface area contributed by atoms with E-state index in [2.05, 4.69) is 9.80 Å². The van der Waals surface area contributed by atoms with Crippen LogP contribution in [0.2, 0.25) is 0 Å². The van der Waals surface area contributed by atoms with E-state index in [1.807, 2.05) is 0 Å². The standard InChI is InChI=1S/C17H28N2O2/c20-15-10-17(18(12-15)11-13-6-7-13)8-9-19(16(17)21)14-4-2-1-3-5-14/h13-15,20H,1-12H2/t15-,17?/m1/s1. The van der Waals surface area contributed by atoms with E-state index in [0.29, 0.717) is 24.9 Å². The Bertz CT molecular complexity index is 417. The van der Waals surface area contributed by atoms with E-state index in [1.54, 1.807) is 0 Å². The third kappa shape index (κ3) is 2.40. The molecule has 4 aliphatic rings. The minimum absolute atomic E-state index is 0.306. The third-order valence-corrected chi connectivity index (χ3v) is 6.23. The van der Waals surface area contributed by atoms with Gasteiger partial charge in [0.05, 0.1) is 6.10 Å². The summed E-state index contributed by atoms with van der Waals surface area (Å²) in [7, 11) is 0. The zero-order valence-corrected chi connectivity index (χ0v) is 13.0. The average Bonchev–Trinajstić information content (AvgIpc) is 3.17. The molecule has 2 saturated carbocycles. The smallest absolute Gasteiger partial charge is 0.243 e. The zero-order chi connectivity index (χ0) is 14.4. The SMILES string of the molecule is O=C1N(C2CCCCC2)CCC12C[C@@H](O)CN2CC1CC1. The Labute approximate surface area is 127 Å². The molecule has 2 atom stereocenters. The van der Waals surface area contributed by atoms with Crippen molar-refractivity contribution in [1.29, 1.82) is 0 Å². The van der Waals surface area contributed by atoms with Crippen LogP contribution in [0.25, 0.3) is 0 Å². The summed E-state index contributed by atoms with van der Waals surface area (Å²) in [5.41, 5.74) is -0.348. The summed E-state index contributed by atoms with van der Waals surface area (Å²) in [4.78, 5) is 17.7. The maximum Gasteiger partial charge on any atom is 0.243 e. The number of aliphatic hydroxyl groups is 1. The normalized spacial score (nSPS) is 38.8. The number of hydrogen-bond acceptors (Lipinski definition) is 3. The van der Waals surface area contributed by atoms with Crippen molar-refractivity contribution in [2.45, 2.75) is 75.5 Å². The highest BCUT2D eigenvalue weighted by Crippen LogP contribution is 2.43. The van der Waals surface area contributed by atoms with Gasteiger partial charge in [-0.1, -0.05) is 19.3 Å². The lowest BCUT2D eigenvalue weighted by Gasteiger charge is -2.36. The number of carbonyl (C=O) groups is 1. The van der Waals surface area contributed by atoms with Crippen molar-refractivity contribution in [3.63, 3.8) is 0 Å². The lowest BCUT2D eigenvalue weighted by atomic mass is 9.92. The molecule has 2 aliphatic carbocycles. The van der Waals surface area contributed by atoms with Gasteiger partial charge in [-0.15, -0.1) is 0 Å². The fraction of sp³-hybridized carbons (Fsp3) is 0.941. The highest BCUT2D eigenvalue weighted by atomic mass is 16.3. The minimum Gasteiger partial charge on any atom is -0.392 e. The number of aliphatic hydroxyl groups excluding tert-OH is 1. The summed E-state index contributed by atoms with van der Waals surface area (Å²) in [6, 6.07) is 0.478. The van der Waals surface area contributed by atoms with Gasteiger partial charge in [0.2, 0.25) is 5.91 Å². The third-order valence-electron chi connectivity index (χ3n) is 6.23. The van der Waals surface area contributed by atoms with Crippen LogP contribution < -0.4 is 0 Å². The van der Waals surface area contributed by atoms with E-state index in [0.717, 1.165) is 25.4 Å². The summed E-state index contributed by atoms with van der Waals surface area (Å²) in [5, 5.41) is 10.2. The topological polar surface area (TPSA) is 43.8 Å². The van der Waals surface area contributed by atoms with Crippen LogP contribution >= 0.6 is 0 Å². The van der Waals surface area contributed by atoms with Crippen molar-refractivity contribution in [3.8, 4) is 0 Å². The molecule has 4 fully saturated rings. The molecule has 0 aromatic heterocycles. The summed E-state index contributed by atoms with van der Waals surface area (Å²) >= 11 is 0. The van der Waals surface area contributed by atoms with Gasteiger partial charge in [-0.25, -0.2) is 0 Å². The fourth-order valence-electron chi connectivity index (χ4n) is 4.88. The molecule has 2 heterocycles.